The van der Waals surface area contributed by atoms with Crippen molar-refractivity contribution in [3.63, 3.8) is 0 Å². The molecule has 6 heteroatoms. The molecule has 0 aliphatic carbocycles. The van der Waals surface area contributed by atoms with E-state index in [1.54, 1.807) is 18.2 Å². The van der Waals surface area contributed by atoms with Crippen LogP contribution < -0.4 is 11.1 Å². The first-order valence-electron chi connectivity index (χ1n) is 5.01. The van der Waals surface area contributed by atoms with E-state index in [2.05, 4.69) is 21.2 Å². The van der Waals surface area contributed by atoms with Gasteiger partial charge < -0.3 is 15.8 Å². The van der Waals surface area contributed by atoms with E-state index in [1.165, 1.54) is 0 Å². The van der Waals surface area contributed by atoms with Crippen molar-refractivity contribution in [1.82, 2.24) is 0 Å². The SMILES string of the molecule is CCOCC(=O)Nc1ccc(C(N)=S)cc1Br. The summed E-state index contributed by atoms with van der Waals surface area (Å²) >= 11 is 8.20. The molecule has 1 rings (SSSR count). The maximum atomic E-state index is 11.4. The summed E-state index contributed by atoms with van der Waals surface area (Å²) in [7, 11) is 0. The number of nitrogens with two attached hydrogens (primary N) is 1. The second-order valence-corrected chi connectivity index (χ2v) is 4.54. The lowest BCUT2D eigenvalue weighted by Gasteiger charge is -2.08. The van der Waals surface area contributed by atoms with E-state index in [4.69, 9.17) is 22.7 Å². The Labute approximate surface area is 114 Å². The van der Waals surface area contributed by atoms with Gasteiger partial charge in [-0.2, -0.15) is 0 Å². The first-order chi connectivity index (χ1) is 8.04. The lowest BCUT2D eigenvalue weighted by molar-refractivity contribution is -0.120. The Balaban J connectivity index is 2.72. The van der Waals surface area contributed by atoms with Gasteiger partial charge in [-0.25, -0.2) is 0 Å². The van der Waals surface area contributed by atoms with Gasteiger partial charge in [0.1, 0.15) is 11.6 Å². The molecular weight excluding hydrogens is 304 g/mol. The molecule has 1 amide bonds. The Hall–Kier alpha value is -0.980. The normalized spacial score (nSPS) is 10.0. The average Bonchev–Trinajstić information content (AvgIpc) is 2.28. The van der Waals surface area contributed by atoms with Crippen molar-refractivity contribution in [1.29, 1.82) is 0 Å². The molecule has 1 aromatic rings. The van der Waals surface area contributed by atoms with E-state index in [1.807, 2.05) is 6.92 Å². The molecule has 0 saturated carbocycles. The molecule has 0 saturated heterocycles. The molecule has 0 bridgehead atoms. The summed E-state index contributed by atoms with van der Waals surface area (Å²) in [6.07, 6.45) is 0. The molecule has 0 aliphatic heterocycles. The number of nitrogens with one attached hydrogen (secondary N) is 1. The standard InChI is InChI=1S/C11H13BrN2O2S/c1-2-16-6-10(15)14-9-4-3-7(11(13)17)5-8(9)12/h3-5H,2,6H2,1H3,(H2,13,17)(H,14,15). The molecule has 0 aromatic heterocycles. The Morgan fingerprint density at radius 3 is 2.82 bits per heavy atom. The second kappa shape index (κ2) is 6.68. The topological polar surface area (TPSA) is 64.3 Å². The van der Waals surface area contributed by atoms with Crippen LogP contribution in [0.4, 0.5) is 5.69 Å². The zero-order valence-electron chi connectivity index (χ0n) is 9.33. The third kappa shape index (κ3) is 4.41. The van der Waals surface area contributed by atoms with Crippen molar-refractivity contribution in [2.75, 3.05) is 18.5 Å². The fourth-order valence-electron chi connectivity index (χ4n) is 1.15. The van der Waals surface area contributed by atoms with Crippen LogP contribution in [0.3, 0.4) is 0 Å². The van der Waals surface area contributed by atoms with Gasteiger partial charge in [0.25, 0.3) is 0 Å². The second-order valence-electron chi connectivity index (χ2n) is 3.24. The van der Waals surface area contributed by atoms with Crippen molar-refractivity contribution in [2.45, 2.75) is 6.92 Å². The van der Waals surface area contributed by atoms with E-state index >= 15 is 0 Å². The average molecular weight is 317 g/mol. The Kier molecular flexibility index (Phi) is 5.54. The smallest absolute Gasteiger partial charge is 0.250 e. The number of benzene rings is 1. The highest BCUT2D eigenvalue weighted by atomic mass is 79.9. The summed E-state index contributed by atoms with van der Waals surface area (Å²) in [6, 6.07) is 5.25. The van der Waals surface area contributed by atoms with Crippen LogP contribution in [0.25, 0.3) is 0 Å². The summed E-state index contributed by atoms with van der Waals surface area (Å²) in [5.41, 5.74) is 6.91. The summed E-state index contributed by atoms with van der Waals surface area (Å²) < 4.78 is 5.73. The predicted molar refractivity (Wildman–Crippen MR) is 75.2 cm³/mol. The van der Waals surface area contributed by atoms with Crippen LogP contribution in [-0.2, 0) is 9.53 Å². The molecule has 0 aliphatic rings. The first kappa shape index (κ1) is 14.1. The Morgan fingerprint density at radius 1 is 1.59 bits per heavy atom. The van der Waals surface area contributed by atoms with Gasteiger partial charge in [0.05, 0.1) is 5.69 Å². The van der Waals surface area contributed by atoms with Crippen LogP contribution in [0.15, 0.2) is 22.7 Å². The van der Waals surface area contributed by atoms with Gasteiger partial charge in [0, 0.05) is 16.6 Å². The zero-order chi connectivity index (χ0) is 12.8. The Bertz CT molecular complexity index is 437. The number of amides is 1. The summed E-state index contributed by atoms with van der Waals surface area (Å²) in [4.78, 5) is 11.8. The molecule has 0 fully saturated rings. The minimum Gasteiger partial charge on any atom is -0.389 e. The molecule has 0 unspecified atom stereocenters. The zero-order valence-corrected chi connectivity index (χ0v) is 11.7. The maximum Gasteiger partial charge on any atom is 0.250 e. The van der Waals surface area contributed by atoms with E-state index in [0.29, 0.717) is 17.3 Å². The number of thiocarbonyl (C=S) groups is 1. The van der Waals surface area contributed by atoms with Crippen molar-refractivity contribution < 1.29 is 9.53 Å². The van der Waals surface area contributed by atoms with Crippen LogP contribution in [0, 0.1) is 0 Å². The van der Waals surface area contributed by atoms with E-state index in [-0.39, 0.29) is 12.5 Å². The highest BCUT2D eigenvalue weighted by Crippen LogP contribution is 2.23. The van der Waals surface area contributed by atoms with Crippen LogP contribution in [0.1, 0.15) is 12.5 Å². The summed E-state index contributed by atoms with van der Waals surface area (Å²) in [6.45, 7) is 2.38. The van der Waals surface area contributed by atoms with Crippen LogP contribution in [0.5, 0.6) is 0 Å². The van der Waals surface area contributed by atoms with Crippen molar-refractivity contribution in [2.24, 2.45) is 5.73 Å². The number of hydrogen-bond donors (Lipinski definition) is 2. The van der Waals surface area contributed by atoms with Crippen LogP contribution in [0.2, 0.25) is 0 Å². The molecule has 1 aromatic carbocycles. The molecule has 0 atom stereocenters. The first-order valence-corrected chi connectivity index (χ1v) is 6.21. The number of hydrogen-bond acceptors (Lipinski definition) is 3. The largest absolute Gasteiger partial charge is 0.389 e. The third-order valence-corrected chi connectivity index (χ3v) is 2.86. The van der Waals surface area contributed by atoms with Crippen LogP contribution >= 0.6 is 28.1 Å². The van der Waals surface area contributed by atoms with Gasteiger partial charge in [0.2, 0.25) is 5.91 Å². The number of carbonyl (C=O) groups excluding carboxylic acids is 1. The van der Waals surface area contributed by atoms with Crippen molar-refractivity contribution >= 4 is 44.7 Å². The van der Waals surface area contributed by atoms with Crippen molar-refractivity contribution in [3.05, 3.63) is 28.2 Å². The highest BCUT2D eigenvalue weighted by molar-refractivity contribution is 9.10. The lowest BCUT2D eigenvalue weighted by atomic mass is 10.2. The van der Waals surface area contributed by atoms with Gasteiger partial charge >= 0.3 is 0 Å². The van der Waals surface area contributed by atoms with E-state index < -0.39 is 0 Å². The minimum atomic E-state index is -0.198. The van der Waals surface area contributed by atoms with Gasteiger partial charge in [-0.05, 0) is 41.1 Å². The minimum absolute atomic E-state index is 0.0417. The molecule has 92 valence electrons. The highest BCUT2D eigenvalue weighted by Gasteiger charge is 2.07. The molecule has 0 radical (unpaired) electrons. The predicted octanol–water partition coefficient (Wildman–Crippen LogP) is 2.06. The van der Waals surface area contributed by atoms with Crippen molar-refractivity contribution in [3.8, 4) is 0 Å². The molecular formula is C11H13BrN2O2S. The quantitative estimate of drug-likeness (QED) is 0.816. The van der Waals surface area contributed by atoms with E-state index in [0.717, 1.165) is 10.0 Å². The molecule has 4 nitrogen and oxygen atoms in total. The summed E-state index contributed by atoms with van der Waals surface area (Å²) in [5, 5.41) is 2.72. The fraction of sp³-hybridized carbons (Fsp3) is 0.273. The third-order valence-electron chi connectivity index (χ3n) is 1.96. The number of carbonyl (C=O) groups is 1. The van der Waals surface area contributed by atoms with Gasteiger partial charge in [-0.15, -0.1) is 0 Å². The molecule has 0 spiro atoms. The number of rotatable bonds is 5. The van der Waals surface area contributed by atoms with Gasteiger partial charge in [-0.3, -0.25) is 4.79 Å². The number of halogens is 1. The molecule has 17 heavy (non-hydrogen) atoms. The number of ether oxygens (including phenoxy) is 1. The van der Waals surface area contributed by atoms with Crippen LogP contribution in [-0.4, -0.2) is 24.1 Å². The lowest BCUT2D eigenvalue weighted by Crippen LogP contribution is -2.18. The van der Waals surface area contributed by atoms with Gasteiger partial charge in [-0.1, -0.05) is 12.2 Å². The maximum absolute atomic E-state index is 11.4. The molecule has 3 N–H and O–H groups in total. The molecule has 0 heterocycles. The fourth-order valence-corrected chi connectivity index (χ4v) is 1.76. The monoisotopic (exact) mass is 316 g/mol. The van der Waals surface area contributed by atoms with Gasteiger partial charge in [0.15, 0.2) is 0 Å². The van der Waals surface area contributed by atoms with E-state index in [9.17, 15) is 4.79 Å². The number of anilines is 1. The Morgan fingerprint density at radius 2 is 2.29 bits per heavy atom. The summed E-state index contributed by atoms with van der Waals surface area (Å²) in [5.74, 6) is -0.198.